The fourth-order valence-electron chi connectivity index (χ4n) is 3.78. The standard InChI is InChI=1S/C19H22N2O2/c1-14-9-10-17(23-14)19(22)21-13-12-20-11-5-8-16(20)18(21)15-6-3-2-4-7-15/h2-8,11,14,17-18H,9-10,12-13H2,1H3. The van der Waals surface area contributed by atoms with E-state index >= 15 is 0 Å². The van der Waals surface area contributed by atoms with Gasteiger partial charge < -0.3 is 14.2 Å². The minimum Gasteiger partial charge on any atom is -0.365 e. The van der Waals surface area contributed by atoms with Gasteiger partial charge >= 0.3 is 0 Å². The average Bonchev–Trinajstić information content (AvgIpc) is 3.22. The molecule has 1 saturated heterocycles. The Balaban J connectivity index is 1.69. The number of amides is 1. The molecule has 1 fully saturated rings. The number of carbonyl (C=O) groups excluding carboxylic acids is 1. The summed E-state index contributed by atoms with van der Waals surface area (Å²) < 4.78 is 8.08. The maximum Gasteiger partial charge on any atom is 0.252 e. The normalized spacial score (nSPS) is 27.0. The van der Waals surface area contributed by atoms with Crippen molar-refractivity contribution >= 4 is 5.91 Å². The molecular weight excluding hydrogens is 288 g/mol. The number of hydrogen-bond donors (Lipinski definition) is 0. The first-order valence-electron chi connectivity index (χ1n) is 8.40. The van der Waals surface area contributed by atoms with Crippen molar-refractivity contribution in [2.24, 2.45) is 0 Å². The lowest BCUT2D eigenvalue weighted by Crippen LogP contribution is -2.46. The smallest absolute Gasteiger partial charge is 0.252 e. The molecule has 3 atom stereocenters. The van der Waals surface area contributed by atoms with E-state index in [2.05, 4.69) is 35.0 Å². The Bertz CT molecular complexity index is 694. The first-order chi connectivity index (χ1) is 11.2. The van der Waals surface area contributed by atoms with Gasteiger partial charge in [-0.2, -0.15) is 0 Å². The summed E-state index contributed by atoms with van der Waals surface area (Å²) in [7, 11) is 0. The summed E-state index contributed by atoms with van der Waals surface area (Å²) in [5.41, 5.74) is 2.34. The summed E-state index contributed by atoms with van der Waals surface area (Å²) in [6.07, 6.45) is 3.81. The topological polar surface area (TPSA) is 34.5 Å². The van der Waals surface area contributed by atoms with Crippen LogP contribution in [0.4, 0.5) is 0 Å². The number of aromatic nitrogens is 1. The van der Waals surface area contributed by atoms with Crippen LogP contribution in [0, 0.1) is 0 Å². The van der Waals surface area contributed by atoms with Crippen LogP contribution in [-0.4, -0.2) is 34.1 Å². The highest BCUT2D eigenvalue weighted by atomic mass is 16.5. The van der Waals surface area contributed by atoms with Gasteiger partial charge in [-0.25, -0.2) is 0 Å². The van der Waals surface area contributed by atoms with Gasteiger partial charge in [0, 0.05) is 25.0 Å². The quantitative estimate of drug-likeness (QED) is 0.854. The zero-order chi connectivity index (χ0) is 15.8. The molecule has 1 amide bonds. The van der Waals surface area contributed by atoms with E-state index in [1.54, 1.807) is 0 Å². The summed E-state index contributed by atoms with van der Waals surface area (Å²) >= 11 is 0. The average molecular weight is 310 g/mol. The third kappa shape index (κ3) is 2.57. The molecular formula is C19H22N2O2. The Kier molecular flexibility index (Phi) is 3.69. The summed E-state index contributed by atoms with van der Waals surface area (Å²) in [5, 5.41) is 0. The van der Waals surface area contributed by atoms with Crippen LogP contribution < -0.4 is 0 Å². The van der Waals surface area contributed by atoms with Crippen LogP contribution >= 0.6 is 0 Å². The molecule has 3 heterocycles. The molecule has 3 unspecified atom stereocenters. The molecule has 1 aromatic carbocycles. The molecule has 0 aliphatic carbocycles. The van der Waals surface area contributed by atoms with Crippen molar-refractivity contribution in [1.82, 2.24) is 9.47 Å². The Morgan fingerprint density at radius 2 is 1.91 bits per heavy atom. The van der Waals surface area contributed by atoms with Gasteiger partial charge in [0.25, 0.3) is 5.91 Å². The van der Waals surface area contributed by atoms with Crippen LogP contribution in [0.1, 0.15) is 37.1 Å². The van der Waals surface area contributed by atoms with Crippen molar-refractivity contribution < 1.29 is 9.53 Å². The summed E-state index contributed by atoms with van der Waals surface area (Å²) in [6.45, 7) is 3.62. The van der Waals surface area contributed by atoms with Gasteiger partial charge in [-0.3, -0.25) is 4.79 Å². The van der Waals surface area contributed by atoms with Crippen molar-refractivity contribution in [2.75, 3.05) is 6.54 Å². The largest absolute Gasteiger partial charge is 0.365 e. The predicted octanol–water partition coefficient (Wildman–Crippen LogP) is 2.99. The van der Waals surface area contributed by atoms with Gasteiger partial charge in [-0.15, -0.1) is 0 Å². The van der Waals surface area contributed by atoms with Crippen LogP contribution in [0.25, 0.3) is 0 Å². The van der Waals surface area contributed by atoms with E-state index in [1.807, 2.05) is 30.0 Å². The van der Waals surface area contributed by atoms with E-state index in [1.165, 1.54) is 5.69 Å². The van der Waals surface area contributed by atoms with Gasteiger partial charge in [-0.05, 0) is 37.5 Å². The lowest BCUT2D eigenvalue weighted by molar-refractivity contribution is -0.145. The molecule has 2 aliphatic rings. The van der Waals surface area contributed by atoms with Gasteiger partial charge in [0.1, 0.15) is 6.10 Å². The highest BCUT2D eigenvalue weighted by Gasteiger charge is 2.38. The molecule has 0 radical (unpaired) electrons. The second-order valence-corrected chi connectivity index (χ2v) is 6.48. The SMILES string of the molecule is CC1CCC(C(=O)N2CCn3cccc3C2c2ccccc2)O1. The maximum absolute atomic E-state index is 13.1. The summed E-state index contributed by atoms with van der Waals surface area (Å²) in [6, 6.07) is 14.5. The van der Waals surface area contributed by atoms with E-state index < -0.39 is 0 Å². The van der Waals surface area contributed by atoms with Crippen LogP contribution in [0.3, 0.4) is 0 Å². The second kappa shape index (κ2) is 5.85. The molecule has 23 heavy (non-hydrogen) atoms. The molecule has 0 N–H and O–H groups in total. The zero-order valence-electron chi connectivity index (χ0n) is 13.4. The number of rotatable bonds is 2. The van der Waals surface area contributed by atoms with Gasteiger partial charge in [0.2, 0.25) is 0 Å². The Labute approximate surface area is 136 Å². The fraction of sp³-hybridized carbons (Fsp3) is 0.421. The van der Waals surface area contributed by atoms with Crippen molar-refractivity contribution in [3.8, 4) is 0 Å². The number of hydrogen-bond acceptors (Lipinski definition) is 2. The lowest BCUT2D eigenvalue weighted by atomic mass is 9.99. The number of benzene rings is 1. The first kappa shape index (κ1) is 14.5. The molecule has 2 aliphatic heterocycles. The minimum atomic E-state index is -0.280. The van der Waals surface area contributed by atoms with E-state index in [9.17, 15) is 4.79 Å². The van der Waals surface area contributed by atoms with E-state index in [-0.39, 0.29) is 24.2 Å². The summed E-state index contributed by atoms with van der Waals surface area (Å²) in [5.74, 6) is 0.135. The zero-order valence-corrected chi connectivity index (χ0v) is 13.4. The van der Waals surface area contributed by atoms with E-state index in [0.29, 0.717) is 0 Å². The highest BCUT2D eigenvalue weighted by Crippen LogP contribution is 2.34. The Hall–Kier alpha value is -2.07. The highest BCUT2D eigenvalue weighted by molar-refractivity contribution is 5.82. The third-order valence-electron chi connectivity index (χ3n) is 4.94. The monoisotopic (exact) mass is 310 g/mol. The van der Waals surface area contributed by atoms with Gasteiger partial charge in [0.05, 0.1) is 12.1 Å². The number of carbonyl (C=O) groups is 1. The number of fused-ring (bicyclic) bond motifs is 1. The molecule has 1 aromatic heterocycles. The molecule has 2 aromatic rings. The molecule has 4 nitrogen and oxygen atoms in total. The van der Waals surface area contributed by atoms with Crippen LogP contribution in [-0.2, 0) is 16.1 Å². The first-order valence-corrected chi connectivity index (χ1v) is 8.40. The molecule has 4 rings (SSSR count). The maximum atomic E-state index is 13.1. The molecule has 0 spiro atoms. The van der Waals surface area contributed by atoms with Crippen LogP contribution in [0.5, 0.6) is 0 Å². The fourth-order valence-corrected chi connectivity index (χ4v) is 3.78. The summed E-state index contributed by atoms with van der Waals surface area (Å²) in [4.78, 5) is 15.1. The molecule has 0 saturated carbocycles. The van der Waals surface area contributed by atoms with Gasteiger partial charge in [0.15, 0.2) is 0 Å². The Morgan fingerprint density at radius 1 is 1.09 bits per heavy atom. The number of ether oxygens (including phenoxy) is 1. The van der Waals surface area contributed by atoms with Gasteiger partial charge in [-0.1, -0.05) is 30.3 Å². The van der Waals surface area contributed by atoms with E-state index in [4.69, 9.17) is 4.74 Å². The predicted molar refractivity (Wildman–Crippen MR) is 88.0 cm³/mol. The third-order valence-corrected chi connectivity index (χ3v) is 4.94. The van der Waals surface area contributed by atoms with Crippen molar-refractivity contribution in [1.29, 1.82) is 0 Å². The van der Waals surface area contributed by atoms with E-state index in [0.717, 1.165) is 31.5 Å². The van der Waals surface area contributed by atoms with Crippen LogP contribution in [0.2, 0.25) is 0 Å². The molecule has 120 valence electrons. The van der Waals surface area contributed by atoms with Crippen LogP contribution in [0.15, 0.2) is 48.7 Å². The minimum absolute atomic E-state index is 0.0213. The molecule has 0 bridgehead atoms. The molecule has 4 heteroatoms. The van der Waals surface area contributed by atoms with Crippen molar-refractivity contribution in [3.05, 3.63) is 59.9 Å². The second-order valence-electron chi connectivity index (χ2n) is 6.48. The number of nitrogens with zero attached hydrogens (tertiary/aromatic N) is 2. The Morgan fingerprint density at radius 3 is 2.65 bits per heavy atom. The lowest BCUT2D eigenvalue weighted by Gasteiger charge is -2.38. The van der Waals surface area contributed by atoms with Crippen molar-refractivity contribution in [2.45, 2.75) is 44.6 Å². The van der Waals surface area contributed by atoms with Crippen molar-refractivity contribution in [3.63, 3.8) is 0 Å².